The summed E-state index contributed by atoms with van der Waals surface area (Å²) in [6.45, 7) is 3.00. The Bertz CT molecular complexity index is 605. The number of pyridine rings is 1. The molecule has 2 N–H and O–H groups in total. The molecule has 6 heteroatoms. The summed E-state index contributed by atoms with van der Waals surface area (Å²) in [5.41, 5.74) is 0.722. The van der Waals surface area contributed by atoms with E-state index >= 15 is 0 Å². The molecule has 0 saturated heterocycles. The van der Waals surface area contributed by atoms with Crippen molar-refractivity contribution in [3.05, 3.63) is 44.8 Å². The van der Waals surface area contributed by atoms with Gasteiger partial charge in [0.05, 0.1) is 15.7 Å². The Kier molecular flexibility index (Phi) is 5.52. The lowest BCUT2D eigenvalue weighted by atomic mass is 10.3. The molecular weight excluding hydrogens is 361 g/mol. The highest BCUT2D eigenvalue weighted by atomic mass is 79.9. The van der Waals surface area contributed by atoms with Gasteiger partial charge in [-0.05, 0) is 46.6 Å². The van der Waals surface area contributed by atoms with E-state index < -0.39 is 0 Å². The van der Waals surface area contributed by atoms with Crippen molar-refractivity contribution in [3.8, 4) is 0 Å². The fraction of sp³-hybridized carbons (Fsp3) is 0.214. The number of anilines is 3. The molecule has 2 aromatic rings. The summed E-state index contributed by atoms with van der Waals surface area (Å²) < 4.78 is 0.765. The summed E-state index contributed by atoms with van der Waals surface area (Å²) in [5.74, 6) is 1.54. The van der Waals surface area contributed by atoms with Gasteiger partial charge in [-0.3, -0.25) is 0 Å². The number of halogens is 3. The van der Waals surface area contributed by atoms with Gasteiger partial charge in [0.15, 0.2) is 0 Å². The van der Waals surface area contributed by atoms with E-state index in [2.05, 4.69) is 38.5 Å². The maximum absolute atomic E-state index is 6.20. The maximum Gasteiger partial charge on any atom is 0.132 e. The number of nitrogens with one attached hydrogen (secondary N) is 2. The highest BCUT2D eigenvalue weighted by Crippen LogP contribution is 2.36. The second kappa shape index (κ2) is 7.16. The molecule has 0 fully saturated rings. The Hall–Kier alpha value is -0.970. The Morgan fingerprint density at radius 2 is 1.85 bits per heavy atom. The van der Waals surface area contributed by atoms with Crippen LogP contribution in [0, 0.1) is 0 Å². The van der Waals surface area contributed by atoms with Crippen LogP contribution in [-0.4, -0.2) is 11.5 Å². The second-order valence-corrected chi connectivity index (χ2v) is 5.79. The van der Waals surface area contributed by atoms with E-state index in [-0.39, 0.29) is 0 Å². The van der Waals surface area contributed by atoms with Crippen molar-refractivity contribution < 1.29 is 0 Å². The summed E-state index contributed by atoms with van der Waals surface area (Å²) in [5, 5.41) is 7.36. The zero-order chi connectivity index (χ0) is 14.5. The van der Waals surface area contributed by atoms with E-state index in [4.69, 9.17) is 23.2 Å². The molecule has 106 valence electrons. The van der Waals surface area contributed by atoms with Crippen LogP contribution in [0.3, 0.4) is 0 Å². The molecule has 2 rings (SSSR count). The van der Waals surface area contributed by atoms with Gasteiger partial charge in [0.2, 0.25) is 0 Å². The first-order valence-corrected chi connectivity index (χ1v) is 7.78. The predicted octanol–water partition coefficient (Wildman–Crippen LogP) is 5.72. The first kappa shape index (κ1) is 15.4. The van der Waals surface area contributed by atoms with Crippen LogP contribution in [0.25, 0.3) is 0 Å². The van der Waals surface area contributed by atoms with Gasteiger partial charge in [-0.1, -0.05) is 36.2 Å². The highest BCUT2D eigenvalue weighted by molar-refractivity contribution is 9.10. The van der Waals surface area contributed by atoms with Gasteiger partial charge in [0.25, 0.3) is 0 Å². The number of benzene rings is 1. The van der Waals surface area contributed by atoms with Crippen molar-refractivity contribution in [1.82, 2.24) is 4.98 Å². The molecule has 0 atom stereocenters. The molecule has 0 saturated carbocycles. The summed E-state index contributed by atoms with van der Waals surface area (Å²) in [7, 11) is 0. The van der Waals surface area contributed by atoms with Crippen LogP contribution >= 0.6 is 39.1 Å². The van der Waals surface area contributed by atoms with Crippen LogP contribution in [0.4, 0.5) is 17.3 Å². The molecule has 1 heterocycles. The molecule has 0 aliphatic carbocycles. The summed E-state index contributed by atoms with van der Waals surface area (Å²) in [4.78, 5) is 4.46. The lowest BCUT2D eigenvalue weighted by Crippen LogP contribution is -2.03. The number of aromatic nitrogens is 1. The lowest BCUT2D eigenvalue weighted by molar-refractivity contribution is 0.970. The van der Waals surface area contributed by atoms with Gasteiger partial charge in [0.1, 0.15) is 11.6 Å². The Labute approximate surface area is 136 Å². The number of hydrogen-bond donors (Lipinski definition) is 2. The fourth-order valence-electron chi connectivity index (χ4n) is 1.62. The van der Waals surface area contributed by atoms with Crippen molar-refractivity contribution in [2.75, 3.05) is 17.2 Å². The van der Waals surface area contributed by atoms with Crippen LogP contribution in [0.15, 0.2) is 34.8 Å². The number of nitrogens with zero attached hydrogens (tertiary/aromatic N) is 1. The van der Waals surface area contributed by atoms with Gasteiger partial charge in [-0.15, -0.1) is 0 Å². The highest BCUT2D eigenvalue weighted by Gasteiger charge is 2.09. The normalized spacial score (nSPS) is 10.4. The number of hydrogen-bond acceptors (Lipinski definition) is 3. The predicted molar refractivity (Wildman–Crippen MR) is 90.5 cm³/mol. The van der Waals surface area contributed by atoms with Crippen molar-refractivity contribution >= 4 is 56.5 Å². The number of rotatable bonds is 5. The Balaban J connectivity index is 2.20. The van der Waals surface area contributed by atoms with Gasteiger partial charge in [-0.25, -0.2) is 4.98 Å². The van der Waals surface area contributed by atoms with Crippen LogP contribution in [0.2, 0.25) is 10.0 Å². The molecule has 0 aliphatic heterocycles. The zero-order valence-electron chi connectivity index (χ0n) is 10.9. The molecular formula is C14H14BrCl2N3. The molecule has 0 unspecified atom stereocenters. The standard InChI is InChI=1S/C14H14BrCl2N3/c1-2-8-18-11-4-3-5-12(20-11)19-10-7-6-9(15)13(16)14(10)17/h3-7H,2,8H2,1H3,(H2,18,19,20). The second-order valence-electron chi connectivity index (χ2n) is 4.18. The molecule has 0 spiro atoms. The van der Waals surface area contributed by atoms with Crippen molar-refractivity contribution in [1.29, 1.82) is 0 Å². The first-order chi connectivity index (χ1) is 9.61. The van der Waals surface area contributed by atoms with E-state index in [0.29, 0.717) is 15.9 Å². The Morgan fingerprint density at radius 3 is 2.60 bits per heavy atom. The zero-order valence-corrected chi connectivity index (χ0v) is 14.0. The van der Waals surface area contributed by atoms with E-state index in [1.54, 1.807) is 0 Å². The van der Waals surface area contributed by atoms with Gasteiger partial charge in [0, 0.05) is 11.0 Å². The molecule has 0 radical (unpaired) electrons. The average Bonchev–Trinajstić information content (AvgIpc) is 2.46. The Morgan fingerprint density at radius 1 is 1.10 bits per heavy atom. The van der Waals surface area contributed by atoms with E-state index in [1.165, 1.54) is 0 Å². The van der Waals surface area contributed by atoms with Crippen LogP contribution in [0.5, 0.6) is 0 Å². The molecule has 3 nitrogen and oxygen atoms in total. The smallest absolute Gasteiger partial charge is 0.132 e. The van der Waals surface area contributed by atoms with Gasteiger partial charge in [-0.2, -0.15) is 0 Å². The van der Waals surface area contributed by atoms with Gasteiger partial charge >= 0.3 is 0 Å². The average molecular weight is 375 g/mol. The quantitative estimate of drug-likeness (QED) is 0.657. The lowest BCUT2D eigenvalue weighted by Gasteiger charge is -2.11. The van der Waals surface area contributed by atoms with Gasteiger partial charge < -0.3 is 10.6 Å². The minimum Gasteiger partial charge on any atom is -0.370 e. The van der Waals surface area contributed by atoms with Crippen LogP contribution < -0.4 is 10.6 Å². The fourth-order valence-corrected chi connectivity index (χ4v) is 2.44. The van der Waals surface area contributed by atoms with Crippen LogP contribution in [0.1, 0.15) is 13.3 Å². The largest absolute Gasteiger partial charge is 0.370 e. The third kappa shape index (κ3) is 3.78. The molecule has 0 aliphatic rings. The molecule has 0 bridgehead atoms. The maximum atomic E-state index is 6.20. The molecule has 1 aromatic heterocycles. The summed E-state index contributed by atoms with van der Waals surface area (Å²) in [6.07, 6.45) is 1.05. The van der Waals surface area contributed by atoms with E-state index in [1.807, 2.05) is 30.3 Å². The SMILES string of the molecule is CCCNc1cccc(Nc2ccc(Br)c(Cl)c2Cl)n1. The van der Waals surface area contributed by atoms with E-state index in [0.717, 1.165) is 28.9 Å². The minimum absolute atomic E-state index is 0.467. The topological polar surface area (TPSA) is 37.0 Å². The molecule has 1 aromatic carbocycles. The summed E-state index contributed by atoms with van der Waals surface area (Å²) in [6, 6.07) is 9.43. The van der Waals surface area contributed by atoms with Crippen LogP contribution in [-0.2, 0) is 0 Å². The first-order valence-electron chi connectivity index (χ1n) is 6.23. The molecule has 20 heavy (non-hydrogen) atoms. The third-order valence-electron chi connectivity index (χ3n) is 2.60. The molecule has 0 amide bonds. The van der Waals surface area contributed by atoms with E-state index in [9.17, 15) is 0 Å². The van der Waals surface area contributed by atoms with Crippen molar-refractivity contribution in [3.63, 3.8) is 0 Å². The summed E-state index contributed by atoms with van der Waals surface area (Å²) >= 11 is 15.6. The third-order valence-corrected chi connectivity index (χ3v) is 4.37. The van der Waals surface area contributed by atoms with Crippen molar-refractivity contribution in [2.24, 2.45) is 0 Å². The minimum atomic E-state index is 0.467. The monoisotopic (exact) mass is 373 g/mol. The van der Waals surface area contributed by atoms with Crippen molar-refractivity contribution in [2.45, 2.75) is 13.3 Å².